The lowest BCUT2D eigenvalue weighted by atomic mass is 10.0. The topological polar surface area (TPSA) is 73.9 Å². The van der Waals surface area contributed by atoms with Gasteiger partial charge in [-0.25, -0.2) is 4.79 Å². The minimum Gasteiger partial charge on any atom is -0.490 e. The van der Waals surface area contributed by atoms with Crippen LogP contribution in [0.3, 0.4) is 0 Å². The van der Waals surface area contributed by atoms with Gasteiger partial charge in [-0.15, -0.1) is 0 Å². The normalized spacial score (nSPS) is 14.3. The number of amides is 1. The average Bonchev–Trinajstić information content (AvgIpc) is 2.61. The summed E-state index contributed by atoms with van der Waals surface area (Å²) in [5.41, 5.74) is -0.164. The standard InChI is InChI=1S/C19H29NO5/c1-7-13(4)25-16-11-10-14(12-15(16)17(21)23-6)20-18(22)19(5,8-2)24-9-3/h10-13H,7-9H2,1-6H3,(H,20,22). The summed E-state index contributed by atoms with van der Waals surface area (Å²) >= 11 is 0. The maximum absolute atomic E-state index is 12.5. The molecule has 0 heterocycles. The molecule has 0 bridgehead atoms. The number of nitrogens with one attached hydrogen (secondary N) is 1. The molecule has 140 valence electrons. The predicted octanol–water partition coefficient (Wildman–Crippen LogP) is 3.79. The number of carbonyl (C=O) groups excluding carboxylic acids is 2. The van der Waals surface area contributed by atoms with E-state index in [-0.39, 0.29) is 17.6 Å². The van der Waals surface area contributed by atoms with Crippen molar-refractivity contribution < 1.29 is 23.8 Å². The number of methoxy groups -OCH3 is 1. The van der Waals surface area contributed by atoms with Crippen LogP contribution in [0.2, 0.25) is 0 Å². The van der Waals surface area contributed by atoms with Gasteiger partial charge in [-0.05, 0) is 51.8 Å². The van der Waals surface area contributed by atoms with Gasteiger partial charge in [0.2, 0.25) is 0 Å². The molecule has 0 saturated heterocycles. The van der Waals surface area contributed by atoms with E-state index >= 15 is 0 Å². The number of anilines is 1. The van der Waals surface area contributed by atoms with Crippen molar-refractivity contribution in [2.24, 2.45) is 0 Å². The molecule has 1 amide bonds. The maximum Gasteiger partial charge on any atom is 0.341 e. The summed E-state index contributed by atoms with van der Waals surface area (Å²) in [6, 6.07) is 4.92. The molecule has 2 atom stereocenters. The van der Waals surface area contributed by atoms with Crippen LogP contribution in [0, 0.1) is 0 Å². The fourth-order valence-corrected chi connectivity index (χ4v) is 2.19. The summed E-state index contributed by atoms with van der Waals surface area (Å²) < 4.78 is 16.2. The number of ether oxygens (including phenoxy) is 3. The molecule has 0 aliphatic heterocycles. The van der Waals surface area contributed by atoms with E-state index in [1.165, 1.54) is 7.11 Å². The number of hydrogen-bond acceptors (Lipinski definition) is 5. The lowest BCUT2D eigenvalue weighted by molar-refractivity contribution is -0.139. The Labute approximate surface area is 149 Å². The van der Waals surface area contributed by atoms with Crippen molar-refractivity contribution >= 4 is 17.6 Å². The van der Waals surface area contributed by atoms with Crippen LogP contribution in [-0.4, -0.2) is 37.3 Å². The number of carbonyl (C=O) groups is 2. The third-order valence-corrected chi connectivity index (χ3v) is 4.16. The first kappa shape index (κ1) is 21.0. The zero-order valence-electron chi connectivity index (χ0n) is 16.0. The van der Waals surface area contributed by atoms with Crippen LogP contribution in [-0.2, 0) is 14.3 Å². The molecule has 0 fully saturated rings. The summed E-state index contributed by atoms with van der Waals surface area (Å²) in [6.07, 6.45) is 1.30. The SMILES string of the molecule is CCOC(C)(CC)C(=O)Nc1ccc(OC(C)CC)c(C(=O)OC)c1. The van der Waals surface area contributed by atoms with Crippen molar-refractivity contribution in [2.45, 2.75) is 59.2 Å². The summed E-state index contributed by atoms with van der Waals surface area (Å²) in [5, 5.41) is 2.80. The highest BCUT2D eigenvalue weighted by Gasteiger charge is 2.32. The van der Waals surface area contributed by atoms with Crippen LogP contribution < -0.4 is 10.1 Å². The average molecular weight is 351 g/mol. The Balaban J connectivity index is 3.09. The van der Waals surface area contributed by atoms with Crippen LogP contribution in [0.5, 0.6) is 5.75 Å². The van der Waals surface area contributed by atoms with Crippen LogP contribution in [0.4, 0.5) is 5.69 Å². The van der Waals surface area contributed by atoms with Crippen LogP contribution in [0.15, 0.2) is 18.2 Å². The van der Waals surface area contributed by atoms with Crippen molar-refractivity contribution in [3.05, 3.63) is 23.8 Å². The first-order valence-corrected chi connectivity index (χ1v) is 8.65. The molecule has 0 aliphatic carbocycles. The minimum absolute atomic E-state index is 0.0369. The summed E-state index contributed by atoms with van der Waals surface area (Å²) in [4.78, 5) is 24.6. The highest BCUT2D eigenvalue weighted by Crippen LogP contribution is 2.26. The van der Waals surface area contributed by atoms with Gasteiger partial charge in [0.25, 0.3) is 5.91 Å². The molecule has 6 nitrogen and oxygen atoms in total. The third kappa shape index (κ3) is 5.46. The van der Waals surface area contributed by atoms with E-state index in [1.807, 2.05) is 27.7 Å². The summed E-state index contributed by atoms with van der Waals surface area (Å²) in [5.74, 6) is -0.344. The van der Waals surface area contributed by atoms with Crippen molar-refractivity contribution in [2.75, 3.05) is 19.0 Å². The van der Waals surface area contributed by atoms with Crippen molar-refractivity contribution in [3.63, 3.8) is 0 Å². The number of hydrogen-bond donors (Lipinski definition) is 1. The molecule has 2 unspecified atom stereocenters. The van der Waals surface area contributed by atoms with Crippen LogP contribution in [0.25, 0.3) is 0 Å². The molecule has 1 rings (SSSR count). The molecule has 25 heavy (non-hydrogen) atoms. The Morgan fingerprint density at radius 2 is 1.92 bits per heavy atom. The Hall–Kier alpha value is -2.08. The van der Waals surface area contributed by atoms with Gasteiger partial charge in [0.05, 0.1) is 13.2 Å². The molecular formula is C19H29NO5. The molecule has 0 aromatic heterocycles. The second kappa shape index (κ2) is 9.42. The first-order valence-electron chi connectivity index (χ1n) is 8.65. The molecule has 1 N–H and O–H groups in total. The number of benzene rings is 1. The molecule has 1 aromatic rings. The number of esters is 1. The van der Waals surface area contributed by atoms with Crippen molar-refractivity contribution in [3.8, 4) is 5.75 Å². The van der Waals surface area contributed by atoms with E-state index in [0.29, 0.717) is 24.5 Å². The Morgan fingerprint density at radius 1 is 1.24 bits per heavy atom. The van der Waals surface area contributed by atoms with Gasteiger partial charge in [-0.2, -0.15) is 0 Å². The Kier molecular flexibility index (Phi) is 7.90. The fourth-order valence-electron chi connectivity index (χ4n) is 2.19. The quantitative estimate of drug-likeness (QED) is 0.685. The Morgan fingerprint density at radius 3 is 2.44 bits per heavy atom. The van der Waals surface area contributed by atoms with Gasteiger partial charge in [-0.3, -0.25) is 4.79 Å². The van der Waals surface area contributed by atoms with Gasteiger partial charge >= 0.3 is 5.97 Å². The molecule has 6 heteroatoms. The monoisotopic (exact) mass is 351 g/mol. The summed E-state index contributed by atoms with van der Waals surface area (Å²) in [7, 11) is 1.31. The van der Waals surface area contributed by atoms with Crippen molar-refractivity contribution in [1.82, 2.24) is 0 Å². The number of rotatable bonds is 9. The van der Waals surface area contributed by atoms with E-state index in [4.69, 9.17) is 14.2 Å². The maximum atomic E-state index is 12.5. The lowest BCUT2D eigenvalue weighted by Crippen LogP contribution is -2.42. The first-order chi connectivity index (χ1) is 11.8. The van der Waals surface area contributed by atoms with Crippen LogP contribution >= 0.6 is 0 Å². The second-order valence-corrected chi connectivity index (χ2v) is 6.01. The van der Waals surface area contributed by atoms with E-state index in [9.17, 15) is 9.59 Å². The highest BCUT2D eigenvalue weighted by atomic mass is 16.5. The zero-order chi connectivity index (χ0) is 19.0. The molecular weight excluding hydrogens is 322 g/mol. The molecule has 0 spiro atoms. The lowest BCUT2D eigenvalue weighted by Gasteiger charge is -2.27. The minimum atomic E-state index is -0.925. The summed E-state index contributed by atoms with van der Waals surface area (Å²) in [6.45, 7) is 9.83. The van der Waals surface area contributed by atoms with Crippen LogP contribution in [0.1, 0.15) is 57.8 Å². The van der Waals surface area contributed by atoms with Gasteiger partial charge in [0, 0.05) is 12.3 Å². The highest BCUT2D eigenvalue weighted by molar-refractivity contribution is 5.99. The van der Waals surface area contributed by atoms with Gasteiger partial charge in [-0.1, -0.05) is 13.8 Å². The third-order valence-electron chi connectivity index (χ3n) is 4.16. The van der Waals surface area contributed by atoms with Gasteiger partial charge in [0.15, 0.2) is 0 Å². The van der Waals surface area contributed by atoms with Gasteiger partial charge < -0.3 is 19.5 Å². The molecule has 0 radical (unpaired) electrons. The van der Waals surface area contributed by atoms with E-state index in [0.717, 1.165) is 6.42 Å². The molecule has 0 saturated carbocycles. The largest absolute Gasteiger partial charge is 0.490 e. The van der Waals surface area contributed by atoms with E-state index < -0.39 is 11.6 Å². The molecule has 1 aromatic carbocycles. The van der Waals surface area contributed by atoms with Crippen molar-refractivity contribution in [1.29, 1.82) is 0 Å². The molecule has 0 aliphatic rings. The Bertz CT molecular complexity index is 601. The predicted molar refractivity (Wildman–Crippen MR) is 97.1 cm³/mol. The zero-order valence-corrected chi connectivity index (χ0v) is 16.0. The fraction of sp³-hybridized carbons (Fsp3) is 0.579. The van der Waals surface area contributed by atoms with E-state index in [1.54, 1.807) is 25.1 Å². The smallest absolute Gasteiger partial charge is 0.341 e. The second-order valence-electron chi connectivity index (χ2n) is 6.01. The van der Waals surface area contributed by atoms with Gasteiger partial charge in [0.1, 0.15) is 16.9 Å². The van der Waals surface area contributed by atoms with E-state index in [2.05, 4.69) is 5.32 Å².